The first-order valence-corrected chi connectivity index (χ1v) is 7.72. The highest BCUT2D eigenvalue weighted by atomic mass is 79.9. The van der Waals surface area contributed by atoms with Crippen LogP contribution in [0.1, 0.15) is 0 Å². The number of halogens is 1. The first kappa shape index (κ1) is 15.7. The molecule has 0 saturated carbocycles. The standard InChI is InChI=1S/C10H14BrN3O5S/c1-20-10-13-7(4(11)8(18)14-10)12-9-6(17)5(16)3(15)2-19-9/h3,5-6,9,15-17H,2H2,1H3,(H2,12,13,14,18)/t3-,5-,6+,9-/m1/s1. The van der Waals surface area contributed by atoms with Crippen molar-refractivity contribution in [1.29, 1.82) is 0 Å². The Morgan fingerprint density at radius 1 is 1.45 bits per heavy atom. The van der Waals surface area contributed by atoms with Gasteiger partial charge in [0.05, 0.1) is 6.61 Å². The van der Waals surface area contributed by atoms with Gasteiger partial charge in [-0.2, -0.15) is 0 Å². The highest BCUT2D eigenvalue weighted by Crippen LogP contribution is 2.22. The zero-order valence-corrected chi connectivity index (χ0v) is 12.8. The molecular formula is C10H14BrN3O5S. The van der Waals surface area contributed by atoms with Crippen molar-refractivity contribution in [2.45, 2.75) is 29.7 Å². The molecule has 10 heteroatoms. The van der Waals surface area contributed by atoms with Gasteiger partial charge >= 0.3 is 0 Å². The predicted octanol–water partition coefficient (Wildman–Crippen LogP) is -0.895. The minimum Gasteiger partial charge on any atom is -0.388 e. The van der Waals surface area contributed by atoms with Gasteiger partial charge in [0.1, 0.15) is 22.8 Å². The van der Waals surface area contributed by atoms with E-state index < -0.39 is 24.5 Å². The Morgan fingerprint density at radius 3 is 2.80 bits per heavy atom. The largest absolute Gasteiger partial charge is 0.388 e. The van der Waals surface area contributed by atoms with Crippen LogP contribution in [0.4, 0.5) is 5.82 Å². The molecular weight excluding hydrogens is 354 g/mol. The fourth-order valence-electron chi connectivity index (χ4n) is 1.70. The highest BCUT2D eigenvalue weighted by Gasteiger charge is 2.38. The number of aliphatic hydroxyl groups excluding tert-OH is 3. The van der Waals surface area contributed by atoms with E-state index in [1.54, 1.807) is 6.26 Å². The summed E-state index contributed by atoms with van der Waals surface area (Å²) in [5.74, 6) is 0.186. The fraction of sp³-hybridized carbons (Fsp3) is 0.600. The maximum absolute atomic E-state index is 11.7. The molecule has 0 aliphatic carbocycles. The number of aromatic amines is 1. The molecule has 1 aliphatic rings. The average Bonchev–Trinajstić information content (AvgIpc) is 2.44. The number of hydrogen-bond donors (Lipinski definition) is 5. The third-order valence-corrected chi connectivity index (χ3v) is 4.13. The van der Waals surface area contributed by atoms with E-state index in [0.29, 0.717) is 5.16 Å². The molecule has 1 aromatic heterocycles. The molecule has 5 N–H and O–H groups in total. The molecule has 0 radical (unpaired) electrons. The number of aliphatic hydroxyl groups is 3. The van der Waals surface area contributed by atoms with Crippen molar-refractivity contribution >= 4 is 33.5 Å². The van der Waals surface area contributed by atoms with Crippen LogP contribution in [0.25, 0.3) is 0 Å². The molecule has 0 bridgehead atoms. The van der Waals surface area contributed by atoms with Gasteiger partial charge in [-0.1, -0.05) is 11.8 Å². The number of thioether (sulfide) groups is 1. The van der Waals surface area contributed by atoms with Gasteiger partial charge in [0.15, 0.2) is 17.2 Å². The van der Waals surface area contributed by atoms with Crippen molar-refractivity contribution < 1.29 is 20.1 Å². The third kappa shape index (κ3) is 3.15. The Morgan fingerprint density at radius 2 is 2.15 bits per heavy atom. The summed E-state index contributed by atoms with van der Waals surface area (Å²) in [6.45, 7) is -0.133. The smallest absolute Gasteiger partial charge is 0.268 e. The number of anilines is 1. The summed E-state index contributed by atoms with van der Waals surface area (Å²) in [5.41, 5.74) is -0.377. The summed E-state index contributed by atoms with van der Waals surface area (Å²) >= 11 is 4.34. The Kier molecular flexibility index (Phi) is 5.04. The SMILES string of the molecule is CSc1nc(N[C@@H]2OC[C@@H](O)[C@@H](O)[C@@H]2O)c(Br)c(=O)[nH]1. The molecule has 1 aliphatic heterocycles. The summed E-state index contributed by atoms with van der Waals surface area (Å²) < 4.78 is 5.35. The van der Waals surface area contributed by atoms with E-state index >= 15 is 0 Å². The molecule has 1 aromatic rings. The van der Waals surface area contributed by atoms with Gasteiger partial charge in [-0.25, -0.2) is 4.98 Å². The average molecular weight is 368 g/mol. The van der Waals surface area contributed by atoms with Crippen LogP contribution in [0.5, 0.6) is 0 Å². The minimum absolute atomic E-state index is 0.133. The Labute approximate surface area is 126 Å². The second-order valence-corrected chi connectivity index (χ2v) is 5.77. The number of hydrogen-bond acceptors (Lipinski definition) is 8. The number of H-pyrrole nitrogens is 1. The predicted molar refractivity (Wildman–Crippen MR) is 75.7 cm³/mol. The van der Waals surface area contributed by atoms with E-state index in [2.05, 4.69) is 31.2 Å². The second kappa shape index (κ2) is 6.41. The molecule has 4 atom stereocenters. The first-order chi connectivity index (χ1) is 9.43. The highest BCUT2D eigenvalue weighted by molar-refractivity contribution is 9.10. The molecule has 0 spiro atoms. The molecule has 20 heavy (non-hydrogen) atoms. The Balaban J connectivity index is 2.22. The molecule has 112 valence electrons. The van der Waals surface area contributed by atoms with Crippen molar-refractivity contribution in [3.05, 3.63) is 14.8 Å². The summed E-state index contributed by atoms with van der Waals surface area (Å²) in [6, 6.07) is 0. The van der Waals surface area contributed by atoms with E-state index in [1.807, 2.05) is 0 Å². The van der Waals surface area contributed by atoms with Crippen molar-refractivity contribution in [3.63, 3.8) is 0 Å². The Hall–Kier alpha value is -0.650. The van der Waals surface area contributed by atoms with Crippen LogP contribution in [-0.2, 0) is 4.74 Å². The van der Waals surface area contributed by atoms with Crippen LogP contribution >= 0.6 is 27.7 Å². The van der Waals surface area contributed by atoms with Crippen LogP contribution in [0.3, 0.4) is 0 Å². The van der Waals surface area contributed by atoms with E-state index in [1.165, 1.54) is 11.8 Å². The van der Waals surface area contributed by atoms with Crippen LogP contribution in [-0.4, -0.2) is 62.7 Å². The lowest BCUT2D eigenvalue weighted by atomic mass is 10.0. The molecule has 2 rings (SSSR count). The van der Waals surface area contributed by atoms with Gasteiger partial charge in [-0.3, -0.25) is 4.79 Å². The Bertz CT molecular complexity index is 542. The van der Waals surface area contributed by atoms with Crippen LogP contribution in [0.2, 0.25) is 0 Å². The van der Waals surface area contributed by atoms with Gasteiger partial charge in [0.2, 0.25) is 0 Å². The lowest BCUT2D eigenvalue weighted by Crippen LogP contribution is -2.55. The molecule has 0 aromatic carbocycles. The molecule has 2 heterocycles. The number of aromatic nitrogens is 2. The van der Waals surface area contributed by atoms with Crippen molar-refractivity contribution in [2.24, 2.45) is 0 Å². The van der Waals surface area contributed by atoms with Gasteiger partial charge in [0, 0.05) is 0 Å². The minimum atomic E-state index is -1.34. The second-order valence-electron chi connectivity index (χ2n) is 4.18. The van der Waals surface area contributed by atoms with E-state index in [0.717, 1.165) is 0 Å². The maximum Gasteiger partial charge on any atom is 0.268 e. The number of nitrogens with zero attached hydrogens (tertiary/aromatic N) is 1. The fourth-order valence-corrected chi connectivity index (χ4v) is 2.38. The van der Waals surface area contributed by atoms with Crippen LogP contribution in [0, 0.1) is 0 Å². The normalized spacial score (nSPS) is 30.2. The summed E-state index contributed by atoms with van der Waals surface area (Å²) in [4.78, 5) is 18.4. The molecule has 0 amide bonds. The van der Waals surface area contributed by atoms with Crippen LogP contribution in [0.15, 0.2) is 14.4 Å². The number of nitrogens with one attached hydrogen (secondary N) is 2. The molecule has 1 saturated heterocycles. The monoisotopic (exact) mass is 367 g/mol. The van der Waals surface area contributed by atoms with Gasteiger partial charge in [0.25, 0.3) is 5.56 Å². The number of ether oxygens (including phenoxy) is 1. The molecule has 8 nitrogen and oxygen atoms in total. The summed E-state index contributed by atoms with van der Waals surface area (Å²) in [5, 5.41) is 31.9. The van der Waals surface area contributed by atoms with E-state index in [9.17, 15) is 20.1 Å². The molecule has 1 fully saturated rings. The van der Waals surface area contributed by atoms with E-state index in [4.69, 9.17) is 4.74 Å². The lowest BCUT2D eigenvalue weighted by Gasteiger charge is -2.35. The van der Waals surface area contributed by atoms with E-state index in [-0.39, 0.29) is 22.5 Å². The molecule has 0 unspecified atom stereocenters. The van der Waals surface area contributed by atoms with Crippen molar-refractivity contribution in [1.82, 2.24) is 9.97 Å². The lowest BCUT2D eigenvalue weighted by molar-refractivity contribution is -0.178. The summed E-state index contributed by atoms with van der Waals surface area (Å²) in [6.07, 6.45) is -3.05. The zero-order valence-electron chi connectivity index (χ0n) is 10.4. The van der Waals surface area contributed by atoms with Crippen LogP contribution < -0.4 is 10.9 Å². The third-order valence-electron chi connectivity index (χ3n) is 2.81. The number of rotatable bonds is 3. The van der Waals surface area contributed by atoms with Gasteiger partial charge in [-0.15, -0.1) is 0 Å². The quantitative estimate of drug-likeness (QED) is 0.343. The van der Waals surface area contributed by atoms with Crippen molar-refractivity contribution in [2.75, 3.05) is 18.2 Å². The topological polar surface area (TPSA) is 128 Å². The maximum atomic E-state index is 11.7. The summed E-state index contributed by atoms with van der Waals surface area (Å²) in [7, 11) is 0. The van der Waals surface area contributed by atoms with Gasteiger partial charge < -0.3 is 30.4 Å². The van der Waals surface area contributed by atoms with Gasteiger partial charge in [-0.05, 0) is 22.2 Å². The van der Waals surface area contributed by atoms with Crippen molar-refractivity contribution in [3.8, 4) is 0 Å². The zero-order chi connectivity index (χ0) is 14.9. The first-order valence-electron chi connectivity index (χ1n) is 5.70.